The molecular formula is C11H19N5O. The lowest BCUT2D eigenvalue weighted by molar-refractivity contribution is -0.131. The Balaban J connectivity index is 1.93. The molecule has 94 valence electrons. The van der Waals surface area contributed by atoms with Crippen molar-refractivity contribution in [3.05, 3.63) is 11.9 Å². The summed E-state index contributed by atoms with van der Waals surface area (Å²) in [6.45, 7) is 6.66. The first kappa shape index (κ1) is 12.0. The Morgan fingerprint density at radius 2 is 2.12 bits per heavy atom. The van der Waals surface area contributed by atoms with E-state index >= 15 is 0 Å². The summed E-state index contributed by atoms with van der Waals surface area (Å²) in [5, 5.41) is 7.74. The Morgan fingerprint density at radius 3 is 2.65 bits per heavy atom. The molecule has 0 radical (unpaired) electrons. The summed E-state index contributed by atoms with van der Waals surface area (Å²) >= 11 is 0. The van der Waals surface area contributed by atoms with E-state index in [4.69, 9.17) is 5.73 Å². The van der Waals surface area contributed by atoms with E-state index < -0.39 is 0 Å². The Labute approximate surface area is 101 Å². The van der Waals surface area contributed by atoms with Crippen molar-refractivity contribution in [3.8, 4) is 0 Å². The third kappa shape index (κ3) is 2.63. The fourth-order valence-electron chi connectivity index (χ4n) is 2.08. The molecule has 0 saturated carbocycles. The normalized spacial score (nSPS) is 24.3. The lowest BCUT2D eigenvalue weighted by Gasteiger charge is -2.15. The van der Waals surface area contributed by atoms with Gasteiger partial charge in [0.15, 0.2) is 0 Å². The predicted molar refractivity (Wildman–Crippen MR) is 62.8 cm³/mol. The number of carbonyl (C=O) groups excluding carboxylic acids is 1. The molecule has 6 heteroatoms. The van der Waals surface area contributed by atoms with E-state index in [0.29, 0.717) is 24.1 Å². The van der Waals surface area contributed by atoms with Crippen LogP contribution in [0, 0.1) is 11.8 Å². The minimum Gasteiger partial charge on any atom is -0.341 e. The summed E-state index contributed by atoms with van der Waals surface area (Å²) in [6, 6.07) is 0. The molecule has 1 aromatic rings. The number of hydrogen-bond donors (Lipinski definition) is 1. The van der Waals surface area contributed by atoms with E-state index in [-0.39, 0.29) is 12.5 Å². The van der Waals surface area contributed by atoms with Crippen molar-refractivity contribution in [1.29, 1.82) is 0 Å². The zero-order valence-electron chi connectivity index (χ0n) is 10.3. The molecule has 1 aromatic heterocycles. The minimum atomic E-state index is 0.106. The van der Waals surface area contributed by atoms with Gasteiger partial charge >= 0.3 is 0 Å². The van der Waals surface area contributed by atoms with Gasteiger partial charge in [0, 0.05) is 19.6 Å². The van der Waals surface area contributed by atoms with E-state index in [1.807, 2.05) is 4.90 Å². The van der Waals surface area contributed by atoms with Gasteiger partial charge in [-0.05, 0) is 11.8 Å². The van der Waals surface area contributed by atoms with Gasteiger partial charge in [-0.3, -0.25) is 4.79 Å². The highest BCUT2D eigenvalue weighted by atomic mass is 16.2. The van der Waals surface area contributed by atoms with Crippen LogP contribution in [-0.2, 0) is 17.9 Å². The maximum absolute atomic E-state index is 12.0. The van der Waals surface area contributed by atoms with Gasteiger partial charge in [-0.25, -0.2) is 4.68 Å². The summed E-state index contributed by atoms with van der Waals surface area (Å²) in [5.41, 5.74) is 6.15. The average molecular weight is 237 g/mol. The summed E-state index contributed by atoms with van der Waals surface area (Å²) in [7, 11) is 0. The first-order chi connectivity index (χ1) is 8.10. The van der Waals surface area contributed by atoms with Crippen LogP contribution in [0.4, 0.5) is 0 Å². The first-order valence-corrected chi connectivity index (χ1v) is 5.97. The van der Waals surface area contributed by atoms with Crippen LogP contribution < -0.4 is 5.73 Å². The molecule has 0 spiro atoms. The van der Waals surface area contributed by atoms with E-state index in [1.54, 1.807) is 10.9 Å². The van der Waals surface area contributed by atoms with Gasteiger partial charge in [0.25, 0.3) is 0 Å². The van der Waals surface area contributed by atoms with Gasteiger partial charge in [-0.2, -0.15) is 0 Å². The van der Waals surface area contributed by atoms with Gasteiger partial charge < -0.3 is 10.6 Å². The van der Waals surface area contributed by atoms with Crippen molar-refractivity contribution in [2.75, 3.05) is 13.1 Å². The number of hydrogen-bond acceptors (Lipinski definition) is 4. The monoisotopic (exact) mass is 237 g/mol. The van der Waals surface area contributed by atoms with E-state index in [2.05, 4.69) is 24.2 Å². The number of rotatable bonds is 3. The number of carbonyl (C=O) groups is 1. The van der Waals surface area contributed by atoms with E-state index in [9.17, 15) is 4.79 Å². The van der Waals surface area contributed by atoms with E-state index in [0.717, 1.165) is 13.1 Å². The van der Waals surface area contributed by atoms with Gasteiger partial charge in [0.1, 0.15) is 6.54 Å². The molecule has 1 saturated heterocycles. The molecule has 0 aromatic carbocycles. The van der Waals surface area contributed by atoms with Crippen molar-refractivity contribution in [2.45, 2.75) is 26.9 Å². The predicted octanol–water partition coefficient (Wildman–Crippen LogP) is -0.149. The molecular weight excluding hydrogens is 218 g/mol. The molecule has 1 aliphatic rings. The van der Waals surface area contributed by atoms with Gasteiger partial charge in [-0.1, -0.05) is 19.1 Å². The van der Waals surface area contributed by atoms with Gasteiger partial charge in [0.2, 0.25) is 5.91 Å². The Kier molecular flexibility index (Phi) is 3.42. The standard InChI is InChI=1S/C11H19N5O/c1-8-4-15(5-9(8)2)11(17)7-16-6-10(3-12)13-14-16/h6,8-9H,3-5,7,12H2,1-2H3. The highest BCUT2D eigenvalue weighted by molar-refractivity contribution is 5.76. The largest absolute Gasteiger partial charge is 0.341 e. The summed E-state index contributed by atoms with van der Waals surface area (Å²) in [6.07, 6.45) is 1.72. The fraction of sp³-hybridized carbons (Fsp3) is 0.727. The summed E-state index contributed by atoms with van der Waals surface area (Å²) < 4.78 is 1.55. The molecule has 2 N–H and O–H groups in total. The molecule has 0 aliphatic carbocycles. The van der Waals surface area contributed by atoms with Crippen molar-refractivity contribution >= 4 is 5.91 Å². The lowest BCUT2D eigenvalue weighted by atomic mass is 10.0. The van der Waals surface area contributed by atoms with Crippen LogP contribution >= 0.6 is 0 Å². The second-order valence-corrected chi connectivity index (χ2v) is 4.86. The topological polar surface area (TPSA) is 77.0 Å². The lowest BCUT2D eigenvalue weighted by Crippen LogP contribution is -2.32. The summed E-state index contributed by atoms with van der Waals surface area (Å²) in [5.74, 6) is 1.26. The van der Waals surface area contributed by atoms with Crippen molar-refractivity contribution in [1.82, 2.24) is 19.9 Å². The average Bonchev–Trinajstić information content (AvgIpc) is 2.87. The van der Waals surface area contributed by atoms with Crippen LogP contribution in [0.5, 0.6) is 0 Å². The van der Waals surface area contributed by atoms with Gasteiger partial charge in [0.05, 0.1) is 11.9 Å². The second-order valence-electron chi connectivity index (χ2n) is 4.86. The van der Waals surface area contributed by atoms with Crippen LogP contribution in [0.2, 0.25) is 0 Å². The number of aromatic nitrogens is 3. The maximum Gasteiger partial charge on any atom is 0.244 e. The molecule has 1 fully saturated rings. The molecule has 1 amide bonds. The molecule has 0 bridgehead atoms. The number of likely N-dealkylation sites (tertiary alicyclic amines) is 1. The molecule has 1 aliphatic heterocycles. The quantitative estimate of drug-likeness (QED) is 0.793. The van der Waals surface area contributed by atoms with Crippen molar-refractivity contribution in [2.24, 2.45) is 17.6 Å². The third-order valence-electron chi connectivity index (χ3n) is 3.43. The minimum absolute atomic E-state index is 0.106. The van der Waals surface area contributed by atoms with Crippen LogP contribution in [0.1, 0.15) is 19.5 Å². The molecule has 2 atom stereocenters. The number of nitrogens with two attached hydrogens (primary N) is 1. The van der Waals surface area contributed by atoms with Gasteiger partial charge in [-0.15, -0.1) is 5.10 Å². The second kappa shape index (κ2) is 4.83. The smallest absolute Gasteiger partial charge is 0.244 e. The zero-order chi connectivity index (χ0) is 12.4. The van der Waals surface area contributed by atoms with Crippen LogP contribution in [0.3, 0.4) is 0 Å². The molecule has 2 heterocycles. The third-order valence-corrected chi connectivity index (χ3v) is 3.43. The Morgan fingerprint density at radius 1 is 1.47 bits per heavy atom. The van der Waals surface area contributed by atoms with Crippen LogP contribution in [-0.4, -0.2) is 38.9 Å². The Bertz CT molecular complexity index is 392. The zero-order valence-corrected chi connectivity index (χ0v) is 10.3. The van der Waals surface area contributed by atoms with Crippen LogP contribution in [0.15, 0.2) is 6.20 Å². The van der Waals surface area contributed by atoms with Crippen molar-refractivity contribution in [3.63, 3.8) is 0 Å². The SMILES string of the molecule is CC1CN(C(=O)Cn2cc(CN)nn2)CC1C. The highest BCUT2D eigenvalue weighted by Crippen LogP contribution is 2.22. The highest BCUT2D eigenvalue weighted by Gasteiger charge is 2.29. The maximum atomic E-state index is 12.0. The molecule has 6 nitrogen and oxygen atoms in total. The number of nitrogens with zero attached hydrogens (tertiary/aromatic N) is 4. The number of amides is 1. The molecule has 2 rings (SSSR count). The van der Waals surface area contributed by atoms with Crippen LogP contribution in [0.25, 0.3) is 0 Å². The first-order valence-electron chi connectivity index (χ1n) is 5.97. The Hall–Kier alpha value is -1.43. The van der Waals surface area contributed by atoms with E-state index in [1.165, 1.54) is 0 Å². The fourth-order valence-corrected chi connectivity index (χ4v) is 2.08. The summed E-state index contributed by atoms with van der Waals surface area (Å²) in [4.78, 5) is 13.9. The molecule has 2 unspecified atom stereocenters. The van der Waals surface area contributed by atoms with Crippen molar-refractivity contribution < 1.29 is 4.79 Å². The molecule has 17 heavy (non-hydrogen) atoms.